The second-order valence-electron chi connectivity index (χ2n) is 16.2. The molecule has 3 aliphatic carbocycles. The van der Waals surface area contributed by atoms with E-state index in [9.17, 15) is 14.4 Å². The molecule has 3 N–H and O–H groups in total. The molecule has 3 rings (SSSR count). The summed E-state index contributed by atoms with van der Waals surface area (Å²) in [6.45, 7) is 6.75. The van der Waals surface area contributed by atoms with Gasteiger partial charge in [0.1, 0.15) is 0 Å². The van der Waals surface area contributed by atoms with Crippen molar-refractivity contribution in [3.63, 3.8) is 0 Å². The van der Waals surface area contributed by atoms with E-state index in [1.54, 1.807) is 0 Å². The first-order valence-corrected chi connectivity index (χ1v) is 21.3. The number of rotatable bonds is 23. The van der Waals surface area contributed by atoms with Gasteiger partial charge < -0.3 is 16.0 Å². The zero-order valence-electron chi connectivity index (χ0n) is 31.8. The average Bonchev–Trinajstić information content (AvgIpc) is 3.08. The average molecular weight is 672 g/mol. The molecule has 0 saturated heterocycles. The summed E-state index contributed by atoms with van der Waals surface area (Å²) >= 11 is 0. The Morgan fingerprint density at radius 1 is 0.458 bits per heavy atom. The standard InChI is InChI=1S/C42H77N3O3/c1-4-7-10-13-22-33-25-16-19-28-37(33)43-40(46)31-36(42(48)45-39-30-21-18-27-35(39)24-15-12-9-6-3)32-41(47)44-38-29-20-17-26-34(38)23-14-11-8-5-2/h33-39H,4-32H2,1-3H3,(H,43,46)(H,44,47)(H,45,48). The van der Waals surface area contributed by atoms with Crippen LogP contribution in [0, 0.1) is 23.7 Å². The van der Waals surface area contributed by atoms with Gasteiger partial charge in [-0.1, -0.05) is 136 Å². The third-order valence-corrected chi connectivity index (χ3v) is 12.3. The number of amides is 3. The maximum absolute atomic E-state index is 14.1. The van der Waals surface area contributed by atoms with E-state index in [2.05, 4.69) is 36.7 Å². The first kappa shape index (κ1) is 40.8. The summed E-state index contributed by atoms with van der Waals surface area (Å²) in [7, 11) is 0. The Hall–Kier alpha value is -1.59. The van der Waals surface area contributed by atoms with E-state index >= 15 is 0 Å². The molecule has 0 aliphatic heterocycles. The summed E-state index contributed by atoms with van der Waals surface area (Å²) < 4.78 is 0. The van der Waals surface area contributed by atoms with Crippen LogP contribution in [0.5, 0.6) is 0 Å². The summed E-state index contributed by atoms with van der Waals surface area (Å²) in [6, 6.07) is 0.567. The van der Waals surface area contributed by atoms with Gasteiger partial charge in [-0.15, -0.1) is 0 Å². The Labute approximate surface area is 296 Å². The van der Waals surface area contributed by atoms with Gasteiger partial charge >= 0.3 is 0 Å². The molecule has 6 unspecified atom stereocenters. The van der Waals surface area contributed by atoms with Crippen LogP contribution in [0.2, 0.25) is 0 Å². The van der Waals surface area contributed by atoms with Crippen molar-refractivity contribution >= 4 is 17.7 Å². The molecule has 48 heavy (non-hydrogen) atoms. The number of carbonyl (C=O) groups is 3. The Kier molecular flexibility index (Phi) is 20.9. The molecule has 0 bridgehead atoms. The van der Waals surface area contributed by atoms with Crippen LogP contribution < -0.4 is 16.0 Å². The molecule has 6 atom stereocenters. The van der Waals surface area contributed by atoms with Crippen LogP contribution in [-0.2, 0) is 14.4 Å². The lowest BCUT2D eigenvalue weighted by molar-refractivity contribution is -0.135. The molecular weight excluding hydrogens is 594 g/mol. The molecular formula is C42H77N3O3. The molecule has 6 nitrogen and oxygen atoms in total. The van der Waals surface area contributed by atoms with Gasteiger partial charge in [-0.3, -0.25) is 14.4 Å². The quantitative estimate of drug-likeness (QED) is 0.0945. The fourth-order valence-electron chi connectivity index (χ4n) is 9.27. The molecule has 3 fully saturated rings. The van der Waals surface area contributed by atoms with Gasteiger partial charge in [0.05, 0.1) is 5.92 Å². The van der Waals surface area contributed by atoms with Gasteiger partial charge in [0.25, 0.3) is 0 Å². The Morgan fingerprint density at radius 3 is 1.15 bits per heavy atom. The van der Waals surface area contributed by atoms with Gasteiger partial charge in [-0.2, -0.15) is 0 Å². The summed E-state index contributed by atoms with van der Waals surface area (Å²) in [6.07, 6.45) is 32.6. The highest BCUT2D eigenvalue weighted by molar-refractivity contribution is 5.90. The van der Waals surface area contributed by atoms with Crippen LogP contribution in [-0.4, -0.2) is 35.8 Å². The van der Waals surface area contributed by atoms with Crippen molar-refractivity contribution in [2.75, 3.05) is 0 Å². The van der Waals surface area contributed by atoms with Crippen molar-refractivity contribution in [2.24, 2.45) is 23.7 Å². The maximum Gasteiger partial charge on any atom is 0.224 e. The highest BCUT2D eigenvalue weighted by Crippen LogP contribution is 2.32. The fourth-order valence-corrected chi connectivity index (χ4v) is 9.27. The van der Waals surface area contributed by atoms with Crippen LogP contribution in [0.25, 0.3) is 0 Å². The van der Waals surface area contributed by atoms with Crippen LogP contribution in [0.4, 0.5) is 0 Å². The van der Waals surface area contributed by atoms with Crippen LogP contribution in [0.3, 0.4) is 0 Å². The Morgan fingerprint density at radius 2 is 0.792 bits per heavy atom. The molecule has 0 aromatic heterocycles. The number of nitrogens with one attached hydrogen (secondary N) is 3. The summed E-state index contributed by atoms with van der Waals surface area (Å²) in [5.74, 6) is 0.794. The number of carbonyl (C=O) groups excluding carboxylic acids is 3. The van der Waals surface area contributed by atoms with E-state index in [-0.39, 0.29) is 48.7 Å². The summed E-state index contributed by atoms with van der Waals surface area (Å²) in [5.41, 5.74) is 0. The molecule has 3 saturated carbocycles. The van der Waals surface area contributed by atoms with Crippen molar-refractivity contribution in [1.29, 1.82) is 0 Å². The van der Waals surface area contributed by atoms with Crippen LogP contribution in [0.15, 0.2) is 0 Å². The number of unbranched alkanes of at least 4 members (excludes halogenated alkanes) is 9. The Balaban J connectivity index is 1.64. The molecule has 3 amide bonds. The van der Waals surface area contributed by atoms with Crippen LogP contribution >= 0.6 is 0 Å². The molecule has 0 aromatic rings. The van der Waals surface area contributed by atoms with Crippen LogP contribution in [0.1, 0.15) is 207 Å². The van der Waals surface area contributed by atoms with E-state index in [4.69, 9.17) is 0 Å². The number of hydrogen-bond acceptors (Lipinski definition) is 3. The molecule has 6 heteroatoms. The first-order valence-electron chi connectivity index (χ1n) is 21.3. The van der Waals surface area contributed by atoms with Crippen molar-refractivity contribution in [2.45, 2.75) is 225 Å². The monoisotopic (exact) mass is 672 g/mol. The van der Waals surface area contributed by atoms with Crippen molar-refractivity contribution in [3.8, 4) is 0 Å². The summed E-state index contributed by atoms with van der Waals surface area (Å²) in [4.78, 5) is 41.4. The zero-order valence-corrected chi connectivity index (χ0v) is 31.8. The molecule has 0 heterocycles. The van der Waals surface area contributed by atoms with Gasteiger partial charge in [-0.25, -0.2) is 0 Å². The minimum atomic E-state index is -0.620. The van der Waals surface area contributed by atoms with Crippen molar-refractivity contribution < 1.29 is 14.4 Å². The van der Waals surface area contributed by atoms with E-state index in [1.807, 2.05) is 0 Å². The zero-order chi connectivity index (χ0) is 34.4. The normalized spacial score (nSPS) is 26.8. The maximum atomic E-state index is 14.1. The predicted molar refractivity (Wildman–Crippen MR) is 201 cm³/mol. The summed E-state index contributed by atoms with van der Waals surface area (Å²) in [5, 5.41) is 10.2. The minimum absolute atomic E-state index is 0.0420. The van der Waals surface area contributed by atoms with Crippen molar-refractivity contribution in [1.82, 2.24) is 16.0 Å². The third kappa shape index (κ3) is 15.5. The first-order chi connectivity index (χ1) is 23.4. The van der Waals surface area contributed by atoms with Gasteiger partial charge in [0.15, 0.2) is 0 Å². The SMILES string of the molecule is CCCCCCC1CCCCC1NC(=O)CC(CC(=O)NC1CCCCC1CCCCCC)C(=O)NC1CCCCC1CCCCCC. The van der Waals surface area contributed by atoms with E-state index in [0.29, 0.717) is 17.8 Å². The lowest BCUT2D eigenvalue weighted by Gasteiger charge is -2.35. The minimum Gasteiger partial charge on any atom is -0.353 e. The third-order valence-electron chi connectivity index (χ3n) is 12.3. The second kappa shape index (κ2) is 24.5. The second-order valence-corrected chi connectivity index (χ2v) is 16.2. The van der Waals surface area contributed by atoms with E-state index in [0.717, 1.165) is 38.5 Å². The smallest absolute Gasteiger partial charge is 0.224 e. The highest BCUT2D eigenvalue weighted by Gasteiger charge is 2.34. The molecule has 3 aliphatic rings. The molecule has 0 aromatic carbocycles. The highest BCUT2D eigenvalue weighted by atomic mass is 16.2. The van der Waals surface area contributed by atoms with E-state index < -0.39 is 5.92 Å². The van der Waals surface area contributed by atoms with Gasteiger partial charge in [-0.05, 0) is 75.5 Å². The van der Waals surface area contributed by atoms with E-state index in [1.165, 1.54) is 135 Å². The lowest BCUT2D eigenvalue weighted by Crippen LogP contribution is -2.48. The fraction of sp³-hybridized carbons (Fsp3) is 0.929. The molecule has 278 valence electrons. The number of hydrogen-bond donors (Lipinski definition) is 3. The molecule has 0 radical (unpaired) electrons. The lowest BCUT2D eigenvalue weighted by atomic mass is 9.80. The van der Waals surface area contributed by atoms with Gasteiger partial charge in [0, 0.05) is 31.0 Å². The largest absolute Gasteiger partial charge is 0.353 e. The topological polar surface area (TPSA) is 87.3 Å². The van der Waals surface area contributed by atoms with Crippen molar-refractivity contribution in [3.05, 3.63) is 0 Å². The molecule has 0 spiro atoms. The Bertz CT molecular complexity index is 845. The van der Waals surface area contributed by atoms with Gasteiger partial charge in [0.2, 0.25) is 17.7 Å². The predicted octanol–water partition coefficient (Wildman–Crippen LogP) is 10.3.